The van der Waals surface area contributed by atoms with Crippen molar-refractivity contribution in [2.75, 3.05) is 18.4 Å². The van der Waals surface area contributed by atoms with Crippen LogP contribution < -0.4 is 10.6 Å². The largest absolute Gasteiger partial charge is 0.324 e. The number of hydrogen-bond acceptors (Lipinski definition) is 6. The van der Waals surface area contributed by atoms with Crippen molar-refractivity contribution in [1.82, 2.24) is 20.2 Å². The molecule has 4 rings (SSSR count). The Morgan fingerprint density at radius 3 is 2.50 bits per heavy atom. The summed E-state index contributed by atoms with van der Waals surface area (Å²) in [5.41, 5.74) is -0.294. The zero-order valence-corrected chi connectivity index (χ0v) is 18.3. The highest BCUT2D eigenvalue weighted by Gasteiger charge is 2.50. The van der Waals surface area contributed by atoms with Crippen LogP contribution in [0.1, 0.15) is 55.3 Å². The monoisotopic (exact) mass is 447 g/mol. The molecule has 2 amide bonds. The summed E-state index contributed by atoms with van der Waals surface area (Å²) in [6.07, 6.45) is 11.1. The minimum Gasteiger partial charge on any atom is -0.317 e. The first-order valence-electron chi connectivity index (χ1n) is 10.5. The van der Waals surface area contributed by atoms with E-state index < -0.39 is 5.54 Å². The van der Waals surface area contributed by atoms with Crippen LogP contribution in [0.5, 0.6) is 0 Å². The van der Waals surface area contributed by atoms with Crippen LogP contribution in [-0.2, 0) is 0 Å². The van der Waals surface area contributed by atoms with Crippen LogP contribution in [0.25, 0.3) is 0 Å². The van der Waals surface area contributed by atoms with Crippen molar-refractivity contribution >= 4 is 39.9 Å². The van der Waals surface area contributed by atoms with E-state index >= 15 is 0 Å². The molecule has 0 unspecified atom stereocenters. The third-order valence-electron chi connectivity index (χ3n) is 6.11. The van der Waals surface area contributed by atoms with E-state index in [4.69, 9.17) is 11.6 Å². The van der Waals surface area contributed by atoms with Crippen LogP contribution in [0.15, 0.2) is 30.7 Å². The van der Waals surface area contributed by atoms with Crippen LogP contribution >= 0.6 is 22.9 Å². The Bertz CT molecular complexity index is 879. The molecule has 0 radical (unpaired) electrons. The van der Waals surface area contributed by atoms with Crippen LogP contribution in [0.3, 0.4) is 0 Å². The molecule has 0 aromatic carbocycles. The van der Waals surface area contributed by atoms with Crippen LogP contribution in [0.2, 0.25) is 4.34 Å². The maximum atomic E-state index is 13.9. The SMILES string of the molecule is O=C(Nc1ncc(Cl)s1)N(C1CCCCC1)C1(C(=O)c2ccncc2)CCNCC1. The first-order chi connectivity index (χ1) is 14.6. The number of nitrogens with zero attached hydrogens (tertiary/aromatic N) is 3. The van der Waals surface area contributed by atoms with Crippen LogP contribution in [0.4, 0.5) is 9.93 Å². The van der Waals surface area contributed by atoms with Gasteiger partial charge in [-0.15, -0.1) is 0 Å². The maximum Gasteiger partial charge on any atom is 0.324 e. The summed E-state index contributed by atoms with van der Waals surface area (Å²) < 4.78 is 0.513. The Morgan fingerprint density at radius 1 is 1.17 bits per heavy atom. The summed E-state index contributed by atoms with van der Waals surface area (Å²) in [6, 6.07) is 3.24. The minimum absolute atomic E-state index is 0.00991. The van der Waals surface area contributed by atoms with E-state index in [1.54, 1.807) is 24.5 Å². The lowest BCUT2D eigenvalue weighted by Gasteiger charge is -2.49. The number of Topliss-reactive ketones (excluding diaryl/α,β-unsaturated/α-hetero) is 1. The molecule has 0 atom stereocenters. The summed E-state index contributed by atoms with van der Waals surface area (Å²) in [5.74, 6) is -0.00991. The summed E-state index contributed by atoms with van der Waals surface area (Å²) in [5, 5.41) is 6.71. The Hall–Kier alpha value is -2.03. The van der Waals surface area contributed by atoms with Gasteiger partial charge < -0.3 is 10.2 Å². The lowest BCUT2D eigenvalue weighted by Crippen LogP contribution is -2.65. The molecule has 9 heteroatoms. The Kier molecular flexibility index (Phi) is 6.65. The normalized spacial score (nSPS) is 19.2. The fourth-order valence-electron chi connectivity index (χ4n) is 4.70. The molecular formula is C21H26ClN5O2S. The number of aromatic nitrogens is 2. The predicted octanol–water partition coefficient (Wildman–Crippen LogP) is 4.36. The summed E-state index contributed by atoms with van der Waals surface area (Å²) in [7, 11) is 0. The molecule has 3 heterocycles. The number of ketones is 1. The van der Waals surface area contributed by atoms with Gasteiger partial charge in [0, 0.05) is 24.0 Å². The zero-order valence-electron chi connectivity index (χ0n) is 16.8. The van der Waals surface area contributed by atoms with Gasteiger partial charge in [-0.3, -0.25) is 15.1 Å². The van der Waals surface area contributed by atoms with Gasteiger partial charge in [-0.25, -0.2) is 9.78 Å². The minimum atomic E-state index is -0.889. The summed E-state index contributed by atoms with van der Waals surface area (Å²) in [6.45, 7) is 1.38. The first-order valence-corrected chi connectivity index (χ1v) is 11.7. The van der Waals surface area contributed by atoms with E-state index in [9.17, 15) is 9.59 Å². The van der Waals surface area contributed by atoms with Crippen molar-refractivity contribution in [2.45, 2.75) is 56.5 Å². The molecule has 2 aromatic heterocycles. The molecule has 1 aliphatic heterocycles. The number of rotatable bonds is 5. The molecule has 2 aliphatic rings. The highest BCUT2D eigenvalue weighted by atomic mass is 35.5. The lowest BCUT2D eigenvalue weighted by atomic mass is 9.77. The van der Waals surface area contributed by atoms with E-state index in [1.807, 2.05) is 4.90 Å². The number of nitrogens with one attached hydrogen (secondary N) is 2. The number of carbonyl (C=O) groups is 2. The molecule has 2 fully saturated rings. The molecule has 1 aliphatic carbocycles. The van der Waals surface area contributed by atoms with Gasteiger partial charge in [0.15, 0.2) is 10.9 Å². The number of pyridine rings is 1. The van der Waals surface area contributed by atoms with Gasteiger partial charge in [-0.05, 0) is 50.9 Å². The Labute approximate surface area is 185 Å². The molecule has 7 nitrogen and oxygen atoms in total. The second-order valence-corrected chi connectivity index (χ2v) is 9.57. The van der Waals surface area contributed by atoms with Crippen LogP contribution in [-0.4, -0.2) is 51.4 Å². The highest BCUT2D eigenvalue weighted by molar-refractivity contribution is 7.19. The Morgan fingerprint density at radius 2 is 1.87 bits per heavy atom. The van der Waals surface area contributed by atoms with Crippen LogP contribution in [0, 0.1) is 0 Å². The lowest BCUT2D eigenvalue weighted by molar-refractivity contribution is 0.0348. The quantitative estimate of drug-likeness (QED) is 0.665. The second kappa shape index (κ2) is 9.41. The van der Waals surface area contributed by atoms with Gasteiger partial charge in [0.25, 0.3) is 0 Å². The van der Waals surface area contributed by atoms with Crippen molar-refractivity contribution in [3.8, 4) is 0 Å². The fraction of sp³-hybridized carbons (Fsp3) is 0.524. The number of piperidine rings is 1. The van der Waals surface area contributed by atoms with E-state index in [0.29, 0.717) is 41.0 Å². The summed E-state index contributed by atoms with van der Waals surface area (Å²) >= 11 is 7.22. The predicted molar refractivity (Wildman–Crippen MR) is 118 cm³/mol. The van der Waals surface area contributed by atoms with Gasteiger partial charge >= 0.3 is 6.03 Å². The number of urea groups is 1. The average Bonchev–Trinajstić information content (AvgIpc) is 3.19. The topological polar surface area (TPSA) is 87.2 Å². The van der Waals surface area contributed by atoms with Gasteiger partial charge in [0.2, 0.25) is 0 Å². The molecule has 30 heavy (non-hydrogen) atoms. The smallest absolute Gasteiger partial charge is 0.317 e. The van der Waals surface area contributed by atoms with E-state index in [1.165, 1.54) is 24.0 Å². The van der Waals surface area contributed by atoms with Crippen molar-refractivity contribution in [3.05, 3.63) is 40.6 Å². The third-order valence-corrected chi connectivity index (χ3v) is 7.14. The van der Waals surface area contributed by atoms with Crippen molar-refractivity contribution in [3.63, 3.8) is 0 Å². The van der Waals surface area contributed by atoms with Crippen molar-refractivity contribution < 1.29 is 9.59 Å². The number of halogens is 1. The highest BCUT2D eigenvalue weighted by Crippen LogP contribution is 2.37. The standard InChI is InChI=1S/C21H26ClN5O2S/c22-17-14-25-19(30-17)26-20(29)27(16-4-2-1-3-5-16)21(8-12-24-13-9-21)18(28)15-6-10-23-11-7-15/h6-7,10-11,14,16,24H,1-5,8-9,12-13H2,(H,25,26,29). The van der Waals surface area contributed by atoms with E-state index in [2.05, 4.69) is 20.6 Å². The summed E-state index contributed by atoms with van der Waals surface area (Å²) in [4.78, 5) is 37.5. The van der Waals surface area contributed by atoms with Crippen molar-refractivity contribution in [1.29, 1.82) is 0 Å². The zero-order chi connectivity index (χ0) is 21.0. The average molecular weight is 448 g/mol. The van der Waals surface area contributed by atoms with E-state index in [-0.39, 0.29) is 17.9 Å². The number of hydrogen-bond donors (Lipinski definition) is 2. The first kappa shape index (κ1) is 21.2. The number of carbonyl (C=O) groups excluding carboxylic acids is 2. The molecule has 1 saturated heterocycles. The fourth-order valence-corrected chi connectivity index (χ4v) is 5.50. The third kappa shape index (κ3) is 4.36. The molecule has 0 spiro atoms. The number of anilines is 1. The molecule has 160 valence electrons. The molecule has 0 bridgehead atoms. The Balaban J connectivity index is 1.72. The number of thiazole rings is 1. The second-order valence-electron chi connectivity index (χ2n) is 7.91. The van der Waals surface area contributed by atoms with Crippen molar-refractivity contribution in [2.24, 2.45) is 0 Å². The number of amides is 2. The molecular weight excluding hydrogens is 422 g/mol. The van der Waals surface area contributed by atoms with Gasteiger partial charge in [-0.2, -0.15) is 0 Å². The molecule has 2 N–H and O–H groups in total. The van der Waals surface area contributed by atoms with Gasteiger partial charge in [0.1, 0.15) is 9.88 Å². The maximum absolute atomic E-state index is 13.9. The molecule has 2 aromatic rings. The van der Waals surface area contributed by atoms with Gasteiger partial charge in [-0.1, -0.05) is 42.2 Å². The van der Waals surface area contributed by atoms with E-state index in [0.717, 1.165) is 25.7 Å². The van der Waals surface area contributed by atoms with Gasteiger partial charge in [0.05, 0.1) is 6.20 Å². The molecule has 1 saturated carbocycles.